The highest BCUT2D eigenvalue weighted by molar-refractivity contribution is 4.87. The lowest BCUT2D eigenvalue weighted by Crippen LogP contribution is -2.44. The summed E-state index contributed by atoms with van der Waals surface area (Å²) in [5.41, 5.74) is 6.10. The van der Waals surface area contributed by atoms with E-state index >= 15 is 0 Å². The minimum Gasteiger partial charge on any atom is -0.385 e. The number of hydrogen-bond donors (Lipinski definition) is 1. The lowest BCUT2D eigenvalue weighted by atomic mass is 9.71. The van der Waals surface area contributed by atoms with Crippen molar-refractivity contribution in [3.63, 3.8) is 0 Å². The van der Waals surface area contributed by atoms with E-state index in [-0.39, 0.29) is 5.41 Å². The van der Waals surface area contributed by atoms with Crippen molar-refractivity contribution in [3.8, 4) is 0 Å². The predicted octanol–water partition coefficient (Wildman–Crippen LogP) is 1.41. The minimum absolute atomic E-state index is 0.205. The highest BCUT2D eigenvalue weighted by Gasteiger charge is 2.36. The first-order valence-corrected chi connectivity index (χ1v) is 5.52. The molecule has 0 aromatic heterocycles. The normalized spacial score (nSPS) is 30.2. The fourth-order valence-corrected chi connectivity index (χ4v) is 2.23. The lowest BCUT2D eigenvalue weighted by molar-refractivity contribution is -0.0390. The summed E-state index contributed by atoms with van der Waals surface area (Å²) in [6.07, 6.45) is 3.43. The number of methoxy groups -OCH3 is 1. The number of hydrogen-bond acceptors (Lipinski definition) is 3. The summed E-state index contributed by atoms with van der Waals surface area (Å²) in [4.78, 5) is 0. The third-order valence-electron chi connectivity index (χ3n) is 3.56. The van der Waals surface area contributed by atoms with Crippen LogP contribution < -0.4 is 5.73 Å². The Morgan fingerprint density at radius 2 is 2.36 bits per heavy atom. The van der Waals surface area contributed by atoms with E-state index in [4.69, 9.17) is 15.2 Å². The quantitative estimate of drug-likeness (QED) is 0.731. The molecule has 14 heavy (non-hydrogen) atoms. The van der Waals surface area contributed by atoms with Crippen molar-refractivity contribution in [3.05, 3.63) is 0 Å². The summed E-state index contributed by atoms with van der Waals surface area (Å²) in [6.45, 7) is 5.55. The second-order valence-electron chi connectivity index (χ2n) is 4.41. The molecule has 1 fully saturated rings. The number of ether oxygens (including phenoxy) is 2. The van der Waals surface area contributed by atoms with Crippen LogP contribution in [0.15, 0.2) is 0 Å². The molecule has 3 heteroatoms. The van der Waals surface area contributed by atoms with Gasteiger partial charge in [0.15, 0.2) is 0 Å². The Balaban J connectivity index is 2.48. The van der Waals surface area contributed by atoms with Crippen LogP contribution in [0.3, 0.4) is 0 Å². The molecule has 1 saturated heterocycles. The van der Waals surface area contributed by atoms with Gasteiger partial charge in [0.2, 0.25) is 0 Å². The molecule has 0 aliphatic carbocycles. The third-order valence-corrected chi connectivity index (χ3v) is 3.56. The van der Waals surface area contributed by atoms with Gasteiger partial charge in [-0.15, -0.1) is 0 Å². The molecule has 1 rings (SSSR count). The molecule has 2 atom stereocenters. The van der Waals surface area contributed by atoms with E-state index in [1.165, 1.54) is 6.42 Å². The Labute approximate surface area is 86.9 Å². The molecule has 0 radical (unpaired) electrons. The zero-order chi connectivity index (χ0) is 10.4. The van der Waals surface area contributed by atoms with Crippen molar-refractivity contribution in [2.24, 2.45) is 17.1 Å². The van der Waals surface area contributed by atoms with Crippen molar-refractivity contribution in [2.45, 2.75) is 26.2 Å². The molecule has 0 saturated carbocycles. The van der Waals surface area contributed by atoms with Crippen molar-refractivity contribution in [2.75, 3.05) is 33.5 Å². The fourth-order valence-electron chi connectivity index (χ4n) is 2.23. The summed E-state index contributed by atoms with van der Waals surface area (Å²) in [5, 5.41) is 0. The van der Waals surface area contributed by atoms with Crippen molar-refractivity contribution >= 4 is 0 Å². The highest BCUT2D eigenvalue weighted by atomic mass is 16.5. The first-order chi connectivity index (χ1) is 6.75. The fraction of sp³-hybridized carbons (Fsp3) is 1.00. The summed E-state index contributed by atoms with van der Waals surface area (Å²) < 4.78 is 10.7. The van der Waals surface area contributed by atoms with Gasteiger partial charge in [-0.2, -0.15) is 0 Å². The summed E-state index contributed by atoms with van der Waals surface area (Å²) >= 11 is 0. The molecule has 1 aliphatic heterocycles. The van der Waals surface area contributed by atoms with Crippen LogP contribution in [-0.4, -0.2) is 33.5 Å². The molecule has 0 aromatic carbocycles. The van der Waals surface area contributed by atoms with Gasteiger partial charge in [0.05, 0.1) is 6.61 Å². The van der Waals surface area contributed by atoms with E-state index in [2.05, 4.69) is 6.92 Å². The molecular weight excluding hydrogens is 178 g/mol. The minimum atomic E-state index is 0.205. The maximum atomic E-state index is 5.89. The van der Waals surface area contributed by atoms with Crippen LogP contribution in [0.1, 0.15) is 26.2 Å². The van der Waals surface area contributed by atoms with Crippen LogP contribution in [-0.2, 0) is 9.47 Å². The van der Waals surface area contributed by atoms with Gasteiger partial charge < -0.3 is 15.2 Å². The first kappa shape index (κ1) is 12.0. The van der Waals surface area contributed by atoms with Crippen molar-refractivity contribution in [1.29, 1.82) is 0 Å². The SMILES string of the molecule is COCCC(C)C1(CN)CCCOC1. The Hall–Kier alpha value is -0.120. The molecule has 1 aliphatic rings. The second kappa shape index (κ2) is 5.69. The lowest BCUT2D eigenvalue weighted by Gasteiger charge is -2.41. The smallest absolute Gasteiger partial charge is 0.0537 e. The van der Waals surface area contributed by atoms with Gasteiger partial charge in [-0.05, 0) is 25.2 Å². The van der Waals surface area contributed by atoms with Gasteiger partial charge in [0.25, 0.3) is 0 Å². The molecule has 1 heterocycles. The molecule has 3 nitrogen and oxygen atoms in total. The van der Waals surface area contributed by atoms with Crippen molar-refractivity contribution in [1.82, 2.24) is 0 Å². The molecule has 2 unspecified atom stereocenters. The van der Waals surface area contributed by atoms with Crippen molar-refractivity contribution < 1.29 is 9.47 Å². The van der Waals surface area contributed by atoms with E-state index in [0.717, 1.165) is 39.2 Å². The summed E-state index contributed by atoms with van der Waals surface area (Å²) in [6, 6.07) is 0. The predicted molar refractivity (Wildman–Crippen MR) is 57.2 cm³/mol. The Morgan fingerprint density at radius 3 is 2.86 bits per heavy atom. The molecule has 0 amide bonds. The average Bonchev–Trinajstić information content (AvgIpc) is 2.26. The molecule has 0 aromatic rings. The van der Waals surface area contributed by atoms with E-state index in [9.17, 15) is 0 Å². The molecule has 2 N–H and O–H groups in total. The van der Waals surface area contributed by atoms with Gasteiger partial charge in [-0.1, -0.05) is 6.92 Å². The van der Waals surface area contributed by atoms with Crippen LogP contribution in [0, 0.1) is 11.3 Å². The Kier molecular flexibility index (Phi) is 4.85. The molecule has 0 spiro atoms. The average molecular weight is 201 g/mol. The number of nitrogens with two attached hydrogens (primary N) is 1. The van der Waals surface area contributed by atoms with Crippen LogP contribution in [0.4, 0.5) is 0 Å². The van der Waals surface area contributed by atoms with Gasteiger partial charge in [0, 0.05) is 32.3 Å². The van der Waals surface area contributed by atoms with Gasteiger partial charge in [0.1, 0.15) is 0 Å². The summed E-state index contributed by atoms with van der Waals surface area (Å²) in [5.74, 6) is 0.591. The maximum absolute atomic E-state index is 5.89. The third kappa shape index (κ3) is 2.69. The largest absolute Gasteiger partial charge is 0.385 e. The monoisotopic (exact) mass is 201 g/mol. The first-order valence-electron chi connectivity index (χ1n) is 5.52. The van der Waals surface area contributed by atoms with E-state index in [1.807, 2.05) is 0 Å². The van der Waals surface area contributed by atoms with Crippen LogP contribution in [0.2, 0.25) is 0 Å². The topological polar surface area (TPSA) is 44.5 Å². The van der Waals surface area contributed by atoms with Crippen LogP contribution in [0.25, 0.3) is 0 Å². The molecular formula is C11H23NO2. The standard InChI is InChI=1S/C11H23NO2/c1-10(4-7-13-2)11(8-12)5-3-6-14-9-11/h10H,3-9,12H2,1-2H3. The Bertz CT molecular complexity index is 155. The highest BCUT2D eigenvalue weighted by Crippen LogP contribution is 2.37. The van der Waals surface area contributed by atoms with Crippen LogP contribution in [0.5, 0.6) is 0 Å². The van der Waals surface area contributed by atoms with Gasteiger partial charge in [-0.3, -0.25) is 0 Å². The van der Waals surface area contributed by atoms with E-state index < -0.39 is 0 Å². The molecule has 0 bridgehead atoms. The van der Waals surface area contributed by atoms with Gasteiger partial charge >= 0.3 is 0 Å². The van der Waals surface area contributed by atoms with Gasteiger partial charge in [-0.25, -0.2) is 0 Å². The zero-order valence-electron chi connectivity index (χ0n) is 9.42. The zero-order valence-corrected chi connectivity index (χ0v) is 9.42. The second-order valence-corrected chi connectivity index (χ2v) is 4.41. The van der Waals surface area contributed by atoms with E-state index in [1.54, 1.807) is 7.11 Å². The maximum Gasteiger partial charge on any atom is 0.0537 e. The molecule has 84 valence electrons. The summed E-state index contributed by atoms with van der Waals surface area (Å²) in [7, 11) is 1.75. The van der Waals surface area contributed by atoms with E-state index in [0.29, 0.717) is 5.92 Å². The Morgan fingerprint density at radius 1 is 1.57 bits per heavy atom. The van der Waals surface area contributed by atoms with Crippen LogP contribution >= 0.6 is 0 Å². The number of rotatable bonds is 5.